The van der Waals surface area contributed by atoms with Gasteiger partial charge in [-0.15, -0.1) is 0 Å². The minimum Gasteiger partial charge on any atom is -0.497 e. The van der Waals surface area contributed by atoms with E-state index in [9.17, 15) is 9.18 Å². The molecule has 0 saturated heterocycles. The number of hydrogen-bond donors (Lipinski definition) is 2. The number of carbonyl (C=O) groups excluding carboxylic acids is 1. The number of nitrogens with two attached hydrogens (primary N) is 1. The van der Waals surface area contributed by atoms with Crippen molar-refractivity contribution in [3.63, 3.8) is 0 Å². The summed E-state index contributed by atoms with van der Waals surface area (Å²) in [5.74, 6) is 0.0886. The van der Waals surface area contributed by atoms with E-state index in [2.05, 4.69) is 5.32 Å². The number of furan rings is 1. The summed E-state index contributed by atoms with van der Waals surface area (Å²) in [4.78, 5) is 12.3. The second-order valence-electron chi connectivity index (χ2n) is 5.20. The van der Waals surface area contributed by atoms with Gasteiger partial charge in [0.15, 0.2) is 5.76 Å². The van der Waals surface area contributed by atoms with Crippen LogP contribution in [0.2, 0.25) is 5.02 Å². The Morgan fingerprint density at radius 3 is 2.68 bits per heavy atom. The molecule has 0 aliphatic carbocycles. The Morgan fingerprint density at radius 2 is 2.00 bits per heavy atom. The van der Waals surface area contributed by atoms with Crippen molar-refractivity contribution < 1.29 is 18.3 Å². The number of halogens is 2. The van der Waals surface area contributed by atoms with Crippen LogP contribution in [0.4, 0.5) is 15.8 Å². The molecule has 7 heteroatoms. The Labute approximate surface area is 148 Å². The van der Waals surface area contributed by atoms with Gasteiger partial charge in [0.1, 0.15) is 17.3 Å². The van der Waals surface area contributed by atoms with E-state index in [1.165, 1.54) is 31.4 Å². The number of nitrogens with one attached hydrogen (secondary N) is 1. The van der Waals surface area contributed by atoms with Crippen LogP contribution in [0.15, 0.2) is 52.9 Å². The van der Waals surface area contributed by atoms with E-state index >= 15 is 0 Å². The Bertz CT molecular complexity index is 940. The maximum Gasteiger partial charge on any atom is 0.291 e. The van der Waals surface area contributed by atoms with E-state index in [0.29, 0.717) is 28.4 Å². The molecule has 0 radical (unpaired) electrons. The molecule has 0 spiro atoms. The smallest absolute Gasteiger partial charge is 0.291 e. The highest BCUT2D eigenvalue weighted by Crippen LogP contribution is 2.28. The molecule has 0 aliphatic rings. The number of rotatable bonds is 4. The number of benzene rings is 2. The lowest BCUT2D eigenvalue weighted by Crippen LogP contribution is -2.12. The van der Waals surface area contributed by atoms with E-state index in [1.807, 2.05) is 0 Å². The van der Waals surface area contributed by atoms with Crippen molar-refractivity contribution in [3.8, 4) is 17.1 Å². The first kappa shape index (κ1) is 16.9. The van der Waals surface area contributed by atoms with Gasteiger partial charge in [-0.3, -0.25) is 4.79 Å². The zero-order chi connectivity index (χ0) is 18.0. The highest BCUT2D eigenvalue weighted by molar-refractivity contribution is 6.31. The van der Waals surface area contributed by atoms with Crippen molar-refractivity contribution in [2.75, 3.05) is 18.2 Å². The third kappa shape index (κ3) is 3.59. The van der Waals surface area contributed by atoms with E-state index in [4.69, 9.17) is 26.5 Å². The van der Waals surface area contributed by atoms with Crippen molar-refractivity contribution in [2.45, 2.75) is 0 Å². The molecule has 1 aromatic heterocycles. The number of ether oxygens (including phenoxy) is 1. The second-order valence-corrected chi connectivity index (χ2v) is 5.61. The maximum absolute atomic E-state index is 13.2. The summed E-state index contributed by atoms with van der Waals surface area (Å²) in [6, 6.07) is 12.2. The van der Waals surface area contributed by atoms with Crippen molar-refractivity contribution >= 4 is 28.9 Å². The highest BCUT2D eigenvalue weighted by atomic mass is 35.5. The molecule has 0 saturated carbocycles. The fourth-order valence-corrected chi connectivity index (χ4v) is 2.41. The summed E-state index contributed by atoms with van der Waals surface area (Å²) in [5.41, 5.74) is 7.24. The summed E-state index contributed by atoms with van der Waals surface area (Å²) in [5, 5.41) is 2.64. The first-order valence-electron chi connectivity index (χ1n) is 7.28. The van der Waals surface area contributed by atoms with Gasteiger partial charge in [-0.2, -0.15) is 0 Å². The topological polar surface area (TPSA) is 77.5 Å². The lowest BCUT2D eigenvalue weighted by atomic mass is 10.2. The molecule has 2 aromatic carbocycles. The Balaban J connectivity index is 1.80. The number of hydrogen-bond acceptors (Lipinski definition) is 4. The van der Waals surface area contributed by atoms with E-state index in [0.717, 1.165) is 0 Å². The molecule has 0 unspecified atom stereocenters. The number of anilines is 2. The second kappa shape index (κ2) is 6.86. The fraction of sp³-hybridized carbons (Fsp3) is 0.0556. The monoisotopic (exact) mass is 360 g/mol. The Morgan fingerprint density at radius 1 is 1.20 bits per heavy atom. The SMILES string of the molecule is COc1ccc(NC(=O)c2ccc(-c3ccc(F)c(Cl)c3)o2)c(N)c1. The molecule has 0 atom stereocenters. The molecule has 0 aliphatic heterocycles. The van der Waals surface area contributed by atoms with Gasteiger partial charge in [0, 0.05) is 11.6 Å². The third-order valence-electron chi connectivity index (χ3n) is 3.54. The summed E-state index contributed by atoms with van der Waals surface area (Å²) in [7, 11) is 1.53. The minimum atomic E-state index is -0.523. The normalized spacial score (nSPS) is 10.5. The lowest BCUT2D eigenvalue weighted by Gasteiger charge is -2.08. The van der Waals surface area contributed by atoms with Crippen LogP contribution in [0.5, 0.6) is 5.75 Å². The predicted octanol–water partition coefficient (Wildman–Crippen LogP) is 4.58. The highest BCUT2D eigenvalue weighted by Gasteiger charge is 2.14. The van der Waals surface area contributed by atoms with Crippen LogP contribution in [-0.4, -0.2) is 13.0 Å². The molecule has 5 nitrogen and oxygen atoms in total. The van der Waals surface area contributed by atoms with E-state index in [1.54, 1.807) is 24.3 Å². The summed E-state index contributed by atoms with van der Waals surface area (Å²) in [6.07, 6.45) is 0. The Kier molecular flexibility index (Phi) is 4.63. The molecule has 1 amide bonds. The minimum absolute atomic E-state index is 0.0223. The van der Waals surface area contributed by atoms with Gasteiger partial charge < -0.3 is 20.2 Å². The summed E-state index contributed by atoms with van der Waals surface area (Å²) >= 11 is 5.76. The molecular formula is C18H14ClFN2O3. The average molecular weight is 361 g/mol. The van der Waals surface area contributed by atoms with Crippen LogP contribution in [-0.2, 0) is 0 Å². The first-order chi connectivity index (χ1) is 12.0. The van der Waals surface area contributed by atoms with Crippen LogP contribution in [0.25, 0.3) is 11.3 Å². The number of nitrogen functional groups attached to an aromatic ring is 1. The van der Waals surface area contributed by atoms with E-state index in [-0.39, 0.29) is 10.8 Å². The standard InChI is InChI=1S/C18H14ClFN2O3/c1-24-11-3-5-15(14(21)9-11)22-18(23)17-7-6-16(25-17)10-2-4-13(20)12(19)8-10/h2-9H,21H2,1H3,(H,22,23). The van der Waals surface area contributed by atoms with Gasteiger partial charge in [-0.25, -0.2) is 4.39 Å². The lowest BCUT2D eigenvalue weighted by molar-refractivity contribution is 0.0997. The van der Waals surface area contributed by atoms with Crippen molar-refractivity contribution in [2.24, 2.45) is 0 Å². The molecule has 3 N–H and O–H groups in total. The van der Waals surface area contributed by atoms with Gasteiger partial charge in [0.25, 0.3) is 5.91 Å². The summed E-state index contributed by atoms with van der Waals surface area (Å²) in [6.45, 7) is 0. The predicted molar refractivity (Wildman–Crippen MR) is 94.5 cm³/mol. The van der Waals surface area contributed by atoms with Crippen LogP contribution in [0, 0.1) is 5.82 Å². The van der Waals surface area contributed by atoms with E-state index < -0.39 is 11.7 Å². The van der Waals surface area contributed by atoms with Crippen molar-refractivity contribution in [1.29, 1.82) is 0 Å². The molecule has 0 fully saturated rings. The third-order valence-corrected chi connectivity index (χ3v) is 3.83. The average Bonchev–Trinajstić information content (AvgIpc) is 3.09. The fourth-order valence-electron chi connectivity index (χ4n) is 2.23. The van der Waals surface area contributed by atoms with Crippen molar-refractivity contribution in [1.82, 2.24) is 0 Å². The Hall–Kier alpha value is -2.99. The van der Waals surface area contributed by atoms with Crippen LogP contribution < -0.4 is 15.8 Å². The van der Waals surface area contributed by atoms with Gasteiger partial charge in [-0.05, 0) is 42.5 Å². The molecule has 1 heterocycles. The first-order valence-corrected chi connectivity index (χ1v) is 7.66. The maximum atomic E-state index is 13.2. The number of amides is 1. The number of carbonyl (C=O) groups is 1. The largest absolute Gasteiger partial charge is 0.497 e. The molecule has 25 heavy (non-hydrogen) atoms. The van der Waals surface area contributed by atoms with Gasteiger partial charge in [0.05, 0.1) is 23.5 Å². The van der Waals surface area contributed by atoms with Gasteiger partial charge in [-0.1, -0.05) is 11.6 Å². The zero-order valence-electron chi connectivity index (χ0n) is 13.2. The molecular weight excluding hydrogens is 347 g/mol. The molecule has 0 bridgehead atoms. The molecule has 3 rings (SSSR count). The quantitative estimate of drug-likeness (QED) is 0.667. The van der Waals surface area contributed by atoms with Crippen LogP contribution >= 0.6 is 11.6 Å². The van der Waals surface area contributed by atoms with Crippen LogP contribution in [0.3, 0.4) is 0 Å². The van der Waals surface area contributed by atoms with Gasteiger partial charge in [0.2, 0.25) is 0 Å². The van der Waals surface area contributed by atoms with Crippen molar-refractivity contribution in [3.05, 3.63) is 65.1 Å². The zero-order valence-corrected chi connectivity index (χ0v) is 13.9. The summed E-state index contributed by atoms with van der Waals surface area (Å²) < 4.78 is 23.8. The number of methoxy groups -OCH3 is 1. The molecule has 128 valence electrons. The van der Waals surface area contributed by atoms with Crippen LogP contribution in [0.1, 0.15) is 10.6 Å². The molecule has 3 aromatic rings. The van der Waals surface area contributed by atoms with Gasteiger partial charge >= 0.3 is 0 Å².